The summed E-state index contributed by atoms with van der Waals surface area (Å²) in [4.78, 5) is 31.6. The van der Waals surface area contributed by atoms with E-state index in [-0.39, 0.29) is 6.29 Å². The number of hydrogen-bond donors (Lipinski definition) is 5. The summed E-state index contributed by atoms with van der Waals surface area (Å²) < 4.78 is 0. The first-order chi connectivity index (χ1) is 7.31. The number of rotatable bonds is 6. The van der Waals surface area contributed by atoms with Gasteiger partial charge in [0.15, 0.2) is 6.10 Å². The summed E-state index contributed by atoms with van der Waals surface area (Å²) in [6.45, 7) is 1.10. The molecule has 0 aliphatic heterocycles. The molecule has 0 aliphatic carbocycles. The molecule has 0 saturated heterocycles. The second kappa shape index (κ2) is 6.16. The third kappa shape index (κ3) is 3.93. The van der Waals surface area contributed by atoms with Gasteiger partial charge in [0.2, 0.25) is 11.8 Å². The van der Waals surface area contributed by atoms with E-state index in [4.69, 9.17) is 5.11 Å². The third-order valence-electron chi connectivity index (χ3n) is 1.85. The van der Waals surface area contributed by atoms with E-state index >= 15 is 0 Å². The molecule has 8 heteroatoms. The highest BCUT2D eigenvalue weighted by molar-refractivity contribution is 5.80. The van der Waals surface area contributed by atoms with Crippen LogP contribution in [0.15, 0.2) is 0 Å². The topological polar surface area (TPSA) is 150 Å². The van der Waals surface area contributed by atoms with Gasteiger partial charge in [-0.1, -0.05) is 0 Å². The Kier molecular flexibility index (Phi) is 5.57. The Morgan fingerprint density at radius 1 is 1.25 bits per heavy atom. The molecule has 0 fully saturated rings. The van der Waals surface area contributed by atoms with Crippen molar-refractivity contribution in [2.45, 2.75) is 31.3 Å². The van der Waals surface area contributed by atoms with E-state index in [0.29, 0.717) is 0 Å². The maximum absolute atomic E-state index is 10.6. The smallest absolute Gasteiger partial charge is 0.249 e. The lowest BCUT2D eigenvalue weighted by Crippen LogP contribution is -2.55. The normalized spacial score (nSPS) is 18.0. The molecule has 0 rings (SSSR count). The largest absolute Gasteiger partial charge is 0.388 e. The van der Waals surface area contributed by atoms with Gasteiger partial charge in [-0.3, -0.25) is 9.59 Å². The van der Waals surface area contributed by atoms with Crippen molar-refractivity contribution in [3.63, 3.8) is 0 Å². The Morgan fingerprint density at radius 2 is 1.75 bits per heavy atom. The molecule has 0 aliphatic rings. The van der Waals surface area contributed by atoms with Gasteiger partial charge in [0.05, 0.1) is 0 Å². The number of aldehydes is 1. The molecule has 0 radical (unpaired) electrons. The maximum Gasteiger partial charge on any atom is 0.249 e. The van der Waals surface area contributed by atoms with Crippen LogP contribution >= 0.6 is 0 Å². The van der Waals surface area contributed by atoms with Gasteiger partial charge in [-0.25, -0.2) is 0 Å². The molecule has 0 heterocycles. The van der Waals surface area contributed by atoms with Crippen LogP contribution in [0.2, 0.25) is 0 Å². The van der Waals surface area contributed by atoms with Gasteiger partial charge in [0, 0.05) is 6.92 Å². The van der Waals surface area contributed by atoms with Crippen LogP contribution in [-0.4, -0.2) is 57.8 Å². The van der Waals surface area contributed by atoms with Gasteiger partial charge < -0.3 is 31.2 Å². The molecule has 0 aromatic rings. The van der Waals surface area contributed by atoms with Crippen molar-refractivity contribution in [1.29, 1.82) is 0 Å². The molecule has 8 nitrogen and oxygen atoms in total. The standard InChI is InChI=1S/C8H14N2O6/c1-3(12)10-4(2-11)5(13)6(14)7(15)8(9)16/h2,4-7,13-15H,1H3,(H2,9,16)(H,10,12). The van der Waals surface area contributed by atoms with E-state index < -0.39 is 36.2 Å². The lowest BCUT2D eigenvalue weighted by molar-refractivity contribution is -0.141. The van der Waals surface area contributed by atoms with E-state index in [2.05, 4.69) is 5.73 Å². The summed E-state index contributed by atoms with van der Waals surface area (Å²) in [6, 6.07) is -1.43. The first kappa shape index (κ1) is 14.5. The van der Waals surface area contributed by atoms with Crippen molar-refractivity contribution < 1.29 is 29.7 Å². The first-order valence-electron chi connectivity index (χ1n) is 4.37. The van der Waals surface area contributed by atoms with Crippen LogP contribution in [0.25, 0.3) is 0 Å². The number of carbonyl (C=O) groups is 3. The number of aliphatic hydroxyl groups excluding tert-OH is 3. The highest BCUT2D eigenvalue weighted by Gasteiger charge is 2.34. The zero-order valence-corrected chi connectivity index (χ0v) is 8.53. The molecule has 92 valence electrons. The molecule has 0 saturated carbocycles. The number of aliphatic hydroxyl groups is 3. The van der Waals surface area contributed by atoms with Gasteiger partial charge in [-0.05, 0) is 0 Å². The van der Waals surface area contributed by atoms with Gasteiger partial charge in [-0.2, -0.15) is 0 Å². The first-order valence-corrected chi connectivity index (χ1v) is 4.37. The minimum atomic E-state index is -2.02. The average Bonchev–Trinajstić information content (AvgIpc) is 2.22. The highest BCUT2D eigenvalue weighted by atomic mass is 16.4. The van der Waals surface area contributed by atoms with Crippen molar-refractivity contribution in [3.05, 3.63) is 0 Å². The predicted octanol–water partition coefficient (Wildman–Crippen LogP) is -3.74. The average molecular weight is 234 g/mol. The molecular formula is C8H14N2O6. The van der Waals surface area contributed by atoms with Crippen LogP contribution in [-0.2, 0) is 14.4 Å². The number of nitrogens with two attached hydrogens (primary N) is 1. The van der Waals surface area contributed by atoms with E-state index in [9.17, 15) is 24.6 Å². The second-order valence-electron chi connectivity index (χ2n) is 3.19. The Bertz CT molecular complexity index is 282. The molecule has 0 spiro atoms. The zero-order valence-electron chi connectivity index (χ0n) is 8.53. The Labute approximate surface area is 91.1 Å². The van der Waals surface area contributed by atoms with E-state index in [1.165, 1.54) is 0 Å². The Balaban J connectivity index is 4.60. The van der Waals surface area contributed by atoms with Gasteiger partial charge in [-0.15, -0.1) is 0 Å². The molecule has 2 amide bonds. The number of nitrogens with one attached hydrogen (secondary N) is 1. The van der Waals surface area contributed by atoms with Crippen LogP contribution in [0.5, 0.6) is 0 Å². The third-order valence-corrected chi connectivity index (χ3v) is 1.85. The highest BCUT2D eigenvalue weighted by Crippen LogP contribution is 2.03. The molecule has 4 atom stereocenters. The quantitative estimate of drug-likeness (QED) is 0.298. The summed E-state index contributed by atoms with van der Waals surface area (Å²) in [5.74, 6) is -1.86. The molecule has 0 aromatic heterocycles. The van der Waals surface area contributed by atoms with Crippen molar-refractivity contribution in [3.8, 4) is 0 Å². The van der Waals surface area contributed by atoms with Crippen molar-refractivity contribution in [2.24, 2.45) is 5.73 Å². The summed E-state index contributed by atoms with van der Waals surface area (Å²) in [5, 5.41) is 29.7. The molecule has 6 N–H and O–H groups in total. The fourth-order valence-corrected chi connectivity index (χ4v) is 1.00. The van der Waals surface area contributed by atoms with E-state index in [1.807, 2.05) is 5.32 Å². The maximum atomic E-state index is 10.6. The second-order valence-corrected chi connectivity index (χ2v) is 3.19. The lowest BCUT2D eigenvalue weighted by atomic mass is 10.0. The SMILES string of the molecule is CC(=O)NC(C=O)C(O)C(O)C(O)C(N)=O. The summed E-state index contributed by atoms with van der Waals surface area (Å²) in [6.07, 6.45) is -5.64. The van der Waals surface area contributed by atoms with Crippen molar-refractivity contribution in [1.82, 2.24) is 5.32 Å². The van der Waals surface area contributed by atoms with Crippen LogP contribution in [0.1, 0.15) is 6.92 Å². The van der Waals surface area contributed by atoms with Crippen LogP contribution in [0, 0.1) is 0 Å². The van der Waals surface area contributed by atoms with Gasteiger partial charge in [0.25, 0.3) is 0 Å². The molecule has 4 unspecified atom stereocenters. The van der Waals surface area contributed by atoms with Crippen molar-refractivity contribution in [2.75, 3.05) is 0 Å². The summed E-state index contributed by atoms with van der Waals surface area (Å²) in [7, 11) is 0. The van der Waals surface area contributed by atoms with Crippen LogP contribution < -0.4 is 11.1 Å². The molecule has 0 aromatic carbocycles. The molecular weight excluding hydrogens is 220 g/mol. The van der Waals surface area contributed by atoms with E-state index in [0.717, 1.165) is 6.92 Å². The number of hydrogen-bond acceptors (Lipinski definition) is 6. The number of primary amides is 1. The summed E-state index contributed by atoms with van der Waals surface area (Å²) >= 11 is 0. The molecule has 0 bridgehead atoms. The van der Waals surface area contributed by atoms with Gasteiger partial charge >= 0.3 is 0 Å². The fraction of sp³-hybridized carbons (Fsp3) is 0.625. The minimum Gasteiger partial charge on any atom is -0.388 e. The van der Waals surface area contributed by atoms with Crippen LogP contribution in [0.4, 0.5) is 0 Å². The lowest BCUT2D eigenvalue weighted by Gasteiger charge is -2.25. The zero-order chi connectivity index (χ0) is 12.9. The van der Waals surface area contributed by atoms with Crippen molar-refractivity contribution >= 4 is 18.1 Å². The molecule has 16 heavy (non-hydrogen) atoms. The summed E-state index contributed by atoms with van der Waals surface area (Å²) in [5.41, 5.74) is 4.68. The Morgan fingerprint density at radius 3 is 2.06 bits per heavy atom. The monoisotopic (exact) mass is 234 g/mol. The Hall–Kier alpha value is -1.51. The minimum absolute atomic E-state index is 0.170. The number of carbonyl (C=O) groups excluding carboxylic acids is 3. The van der Waals surface area contributed by atoms with Gasteiger partial charge in [0.1, 0.15) is 24.5 Å². The fourth-order valence-electron chi connectivity index (χ4n) is 1.00. The predicted molar refractivity (Wildman–Crippen MR) is 50.9 cm³/mol. The van der Waals surface area contributed by atoms with E-state index in [1.54, 1.807) is 0 Å². The number of amides is 2. The van der Waals surface area contributed by atoms with Crippen LogP contribution in [0.3, 0.4) is 0 Å².